The van der Waals surface area contributed by atoms with Crippen LogP contribution in [0.1, 0.15) is 30.0 Å². The van der Waals surface area contributed by atoms with E-state index in [1.54, 1.807) is 12.3 Å². The number of hydrogen-bond acceptors (Lipinski definition) is 3. The Morgan fingerprint density at radius 1 is 1.29 bits per heavy atom. The van der Waals surface area contributed by atoms with Crippen molar-refractivity contribution in [2.75, 3.05) is 13.1 Å². The zero-order chi connectivity index (χ0) is 14.7. The maximum Gasteiger partial charge on any atom is 0.128 e. The molecule has 0 spiro atoms. The number of aryl methyl sites for hydroxylation is 1. The highest BCUT2D eigenvalue weighted by Crippen LogP contribution is 2.34. The van der Waals surface area contributed by atoms with Crippen molar-refractivity contribution in [3.8, 4) is 0 Å². The summed E-state index contributed by atoms with van der Waals surface area (Å²) in [6.45, 7) is 3.14. The molecule has 1 aromatic heterocycles. The third-order valence-electron chi connectivity index (χ3n) is 4.21. The van der Waals surface area contributed by atoms with Gasteiger partial charge in [0.1, 0.15) is 5.82 Å². The maximum absolute atomic E-state index is 13.9. The molecule has 0 fully saturated rings. The summed E-state index contributed by atoms with van der Waals surface area (Å²) in [7, 11) is 0. The molecule has 2 heterocycles. The lowest BCUT2D eigenvalue weighted by molar-refractivity contribution is 0.213. The van der Waals surface area contributed by atoms with Gasteiger partial charge in [-0.1, -0.05) is 12.1 Å². The van der Waals surface area contributed by atoms with Crippen molar-refractivity contribution in [2.45, 2.75) is 32.0 Å². The first-order valence-corrected chi connectivity index (χ1v) is 7.46. The molecule has 1 aromatic carbocycles. The van der Waals surface area contributed by atoms with Crippen molar-refractivity contribution in [1.29, 1.82) is 0 Å². The highest BCUT2D eigenvalue weighted by Gasteiger charge is 2.30. The highest BCUT2D eigenvalue weighted by molar-refractivity contribution is 5.35. The first kappa shape index (κ1) is 14.2. The molecule has 1 unspecified atom stereocenters. The predicted molar refractivity (Wildman–Crippen MR) is 80.1 cm³/mol. The zero-order valence-corrected chi connectivity index (χ0v) is 12.1. The molecule has 0 saturated heterocycles. The fraction of sp³-hybridized carbons (Fsp3) is 0.438. The Kier molecular flexibility index (Phi) is 4.31. The van der Waals surface area contributed by atoms with Gasteiger partial charge in [0.2, 0.25) is 0 Å². The minimum absolute atomic E-state index is 0.105. The molecule has 4 nitrogen and oxygen atoms in total. The summed E-state index contributed by atoms with van der Waals surface area (Å²) < 4.78 is 16.0. The maximum atomic E-state index is 13.9. The SMILES string of the molecule is NCC1c2cccc(F)c2CN1CCCCn1ccnc1. The van der Waals surface area contributed by atoms with Crippen LogP contribution in [0.5, 0.6) is 0 Å². The molecule has 21 heavy (non-hydrogen) atoms. The van der Waals surface area contributed by atoms with Gasteiger partial charge in [0, 0.05) is 43.6 Å². The number of imidazole rings is 1. The van der Waals surface area contributed by atoms with Gasteiger partial charge < -0.3 is 10.3 Å². The summed E-state index contributed by atoms with van der Waals surface area (Å²) in [5.74, 6) is -0.105. The van der Waals surface area contributed by atoms with Crippen LogP contribution in [0.2, 0.25) is 0 Å². The van der Waals surface area contributed by atoms with Crippen molar-refractivity contribution in [1.82, 2.24) is 14.5 Å². The average molecular weight is 288 g/mol. The van der Waals surface area contributed by atoms with Crippen LogP contribution in [-0.4, -0.2) is 27.5 Å². The van der Waals surface area contributed by atoms with Crippen LogP contribution in [-0.2, 0) is 13.1 Å². The van der Waals surface area contributed by atoms with E-state index in [4.69, 9.17) is 5.73 Å². The van der Waals surface area contributed by atoms with Crippen LogP contribution in [0.4, 0.5) is 4.39 Å². The van der Waals surface area contributed by atoms with Crippen molar-refractivity contribution < 1.29 is 4.39 Å². The largest absolute Gasteiger partial charge is 0.337 e. The van der Waals surface area contributed by atoms with Crippen molar-refractivity contribution >= 4 is 0 Å². The second kappa shape index (κ2) is 6.37. The summed E-state index contributed by atoms with van der Waals surface area (Å²) in [6, 6.07) is 5.47. The quantitative estimate of drug-likeness (QED) is 0.830. The Morgan fingerprint density at radius 3 is 2.90 bits per heavy atom. The predicted octanol–water partition coefficient (Wildman–Crippen LogP) is 2.32. The second-order valence-electron chi connectivity index (χ2n) is 5.54. The Hall–Kier alpha value is -1.72. The van der Waals surface area contributed by atoms with Gasteiger partial charge in [0.15, 0.2) is 0 Å². The van der Waals surface area contributed by atoms with E-state index < -0.39 is 0 Å². The van der Waals surface area contributed by atoms with Gasteiger partial charge >= 0.3 is 0 Å². The molecular formula is C16H21FN4. The number of aromatic nitrogens is 2. The molecule has 0 aliphatic carbocycles. The monoisotopic (exact) mass is 288 g/mol. The minimum Gasteiger partial charge on any atom is -0.337 e. The number of unbranched alkanes of at least 4 members (excludes halogenated alkanes) is 1. The van der Waals surface area contributed by atoms with Crippen LogP contribution in [0.15, 0.2) is 36.9 Å². The first-order chi connectivity index (χ1) is 10.3. The smallest absolute Gasteiger partial charge is 0.128 e. The molecule has 0 saturated carbocycles. The standard InChI is InChI=1S/C16H21FN4/c17-15-5-3-4-13-14(15)11-21(16(13)10-18)8-2-1-7-20-9-6-19-12-20/h3-6,9,12,16H,1-2,7-8,10-11,18H2. The molecule has 1 aliphatic rings. The van der Waals surface area contributed by atoms with Crippen LogP contribution < -0.4 is 5.73 Å². The molecule has 0 radical (unpaired) electrons. The van der Waals surface area contributed by atoms with Gasteiger partial charge in [-0.05, 0) is 31.0 Å². The number of benzene rings is 1. The Balaban J connectivity index is 1.56. The van der Waals surface area contributed by atoms with E-state index in [9.17, 15) is 4.39 Å². The molecule has 1 atom stereocenters. The van der Waals surface area contributed by atoms with Crippen molar-refractivity contribution in [2.24, 2.45) is 5.73 Å². The van der Waals surface area contributed by atoms with Gasteiger partial charge in [-0.3, -0.25) is 4.90 Å². The van der Waals surface area contributed by atoms with E-state index in [1.165, 1.54) is 6.07 Å². The van der Waals surface area contributed by atoms with Gasteiger partial charge in [-0.15, -0.1) is 0 Å². The second-order valence-corrected chi connectivity index (χ2v) is 5.54. The molecule has 1 aliphatic heterocycles. The van der Waals surface area contributed by atoms with Gasteiger partial charge in [0.05, 0.1) is 6.33 Å². The minimum atomic E-state index is -0.105. The van der Waals surface area contributed by atoms with E-state index in [0.29, 0.717) is 13.1 Å². The summed E-state index contributed by atoms with van der Waals surface area (Å²) in [5.41, 5.74) is 7.78. The molecular weight excluding hydrogens is 267 g/mol. The summed E-state index contributed by atoms with van der Waals surface area (Å²) in [6.07, 6.45) is 7.77. The lowest BCUT2D eigenvalue weighted by Crippen LogP contribution is -2.29. The Bertz CT molecular complexity index is 582. The lowest BCUT2D eigenvalue weighted by Gasteiger charge is -2.23. The van der Waals surface area contributed by atoms with Crippen molar-refractivity contribution in [3.63, 3.8) is 0 Å². The number of rotatable bonds is 6. The van der Waals surface area contributed by atoms with Gasteiger partial charge in [0.25, 0.3) is 0 Å². The lowest BCUT2D eigenvalue weighted by atomic mass is 10.0. The van der Waals surface area contributed by atoms with Crippen molar-refractivity contribution in [3.05, 3.63) is 53.9 Å². The van der Waals surface area contributed by atoms with Crippen LogP contribution in [0.3, 0.4) is 0 Å². The third-order valence-corrected chi connectivity index (χ3v) is 4.21. The number of fused-ring (bicyclic) bond motifs is 1. The zero-order valence-electron chi connectivity index (χ0n) is 12.1. The fourth-order valence-corrected chi connectivity index (χ4v) is 3.10. The molecule has 2 N–H and O–H groups in total. The molecule has 112 valence electrons. The topological polar surface area (TPSA) is 47.1 Å². The summed E-state index contributed by atoms with van der Waals surface area (Å²) >= 11 is 0. The molecule has 2 aromatic rings. The Morgan fingerprint density at radius 2 is 2.14 bits per heavy atom. The van der Waals surface area contributed by atoms with E-state index in [1.807, 2.05) is 18.6 Å². The van der Waals surface area contributed by atoms with Crippen LogP contribution in [0.25, 0.3) is 0 Å². The third kappa shape index (κ3) is 2.99. The van der Waals surface area contributed by atoms with E-state index in [0.717, 1.165) is 37.1 Å². The number of nitrogens with two attached hydrogens (primary N) is 1. The van der Waals surface area contributed by atoms with E-state index >= 15 is 0 Å². The van der Waals surface area contributed by atoms with E-state index in [2.05, 4.69) is 14.5 Å². The molecule has 0 amide bonds. The number of halogens is 1. The number of hydrogen-bond donors (Lipinski definition) is 1. The summed E-state index contributed by atoms with van der Waals surface area (Å²) in [5, 5.41) is 0. The molecule has 0 bridgehead atoms. The fourth-order valence-electron chi connectivity index (χ4n) is 3.10. The normalized spacial score (nSPS) is 18.1. The number of nitrogens with zero attached hydrogens (tertiary/aromatic N) is 3. The Labute approximate surface area is 124 Å². The average Bonchev–Trinajstić information content (AvgIpc) is 3.11. The molecule has 5 heteroatoms. The first-order valence-electron chi connectivity index (χ1n) is 7.46. The summed E-state index contributed by atoms with van der Waals surface area (Å²) in [4.78, 5) is 6.33. The van der Waals surface area contributed by atoms with Gasteiger partial charge in [-0.2, -0.15) is 0 Å². The highest BCUT2D eigenvalue weighted by atomic mass is 19.1. The van der Waals surface area contributed by atoms with Crippen LogP contribution >= 0.6 is 0 Å². The van der Waals surface area contributed by atoms with Gasteiger partial charge in [-0.25, -0.2) is 9.37 Å². The van der Waals surface area contributed by atoms with Crippen LogP contribution in [0, 0.1) is 5.82 Å². The molecule has 3 rings (SSSR count). The van der Waals surface area contributed by atoms with E-state index in [-0.39, 0.29) is 11.9 Å².